The van der Waals surface area contributed by atoms with Crippen molar-refractivity contribution in [3.8, 4) is 11.3 Å². The summed E-state index contributed by atoms with van der Waals surface area (Å²) in [6, 6.07) is 6.09. The fourth-order valence-electron chi connectivity index (χ4n) is 1.49. The Kier molecular flexibility index (Phi) is 4.58. The first-order valence-corrected chi connectivity index (χ1v) is 7.18. The average molecular weight is 407 g/mol. The number of aromatic nitrogens is 1. The van der Waals surface area contributed by atoms with Crippen LogP contribution in [0.5, 0.6) is 0 Å². The third kappa shape index (κ3) is 3.29. The van der Waals surface area contributed by atoms with Crippen molar-refractivity contribution in [1.82, 2.24) is 4.98 Å². The number of rotatable bonds is 4. The summed E-state index contributed by atoms with van der Waals surface area (Å²) in [5, 5.41) is 0. The lowest BCUT2D eigenvalue weighted by atomic mass is 10.2. The lowest BCUT2D eigenvalue weighted by Crippen LogP contribution is -2.00. The van der Waals surface area contributed by atoms with Gasteiger partial charge in [0, 0.05) is 20.0 Å². The Labute approximate surface area is 122 Å². The molecule has 0 radical (unpaired) electrons. The van der Waals surface area contributed by atoms with Crippen LogP contribution < -0.4 is 5.73 Å². The predicted octanol–water partition coefficient (Wildman–Crippen LogP) is 3.60. The summed E-state index contributed by atoms with van der Waals surface area (Å²) in [4.78, 5) is 4.26. The second kappa shape index (κ2) is 5.97. The number of hydrogen-bond donors (Lipinski definition) is 1. The number of oxazole rings is 1. The van der Waals surface area contributed by atoms with Crippen molar-refractivity contribution in [1.29, 1.82) is 0 Å². The molecule has 0 saturated heterocycles. The summed E-state index contributed by atoms with van der Waals surface area (Å²) in [6.07, 6.45) is 3.46. The monoisotopic (exact) mass is 406 g/mol. The lowest BCUT2D eigenvalue weighted by molar-refractivity contribution is 0.499. The molecule has 0 aliphatic heterocycles. The molecule has 5 heteroatoms. The molecule has 1 aromatic heterocycles. The standard InChI is InChI=1S/C12H12BrIN2O/c13-8-3-4-10(14)9(6-8)11-7-16-12(17-11)2-1-5-15/h3-4,6-7H,1-2,5,15H2. The van der Waals surface area contributed by atoms with Gasteiger partial charge in [0.15, 0.2) is 11.7 Å². The highest BCUT2D eigenvalue weighted by Crippen LogP contribution is 2.29. The molecule has 0 atom stereocenters. The molecule has 3 nitrogen and oxygen atoms in total. The van der Waals surface area contributed by atoms with E-state index in [1.165, 1.54) is 0 Å². The fraction of sp³-hybridized carbons (Fsp3) is 0.250. The molecule has 0 aliphatic rings. The Balaban J connectivity index is 2.27. The van der Waals surface area contributed by atoms with Crippen molar-refractivity contribution in [3.05, 3.63) is 38.3 Å². The van der Waals surface area contributed by atoms with Crippen molar-refractivity contribution in [2.45, 2.75) is 12.8 Å². The molecule has 0 spiro atoms. The average Bonchev–Trinajstić information content (AvgIpc) is 2.78. The van der Waals surface area contributed by atoms with Gasteiger partial charge in [-0.05, 0) is 53.8 Å². The van der Waals surface area contributed by atoms with Gasteiger partial charge in [-0.2, -0.15) is 0 Å². The topological polar surface area (TPSA) is 52.0 Å². The van der Waals surface area contributed by atoms with E-state index in [9.17, 15) is 0 Å². The van der Waals surface area contributed by atoms with Gasteiger partial charge < -0.3 is 10.2 Å². The maximum Gasteiger partial charge on any atom is 0.194 e. The summed E-state index contributed by atoms with van der Waals surface area (Å²) >= 11 is 5.75. The Morgan fingerprint density at radius 3 is 3.00 bits per heavy atom. The maximum atomic E-state index is 5.72. The number of nitrogens with two attached hydrogens (primary N) is 1. The minimum Gasteiger partial charge on any atom is -0.441 e. The highest BCUT2D eigenvalue weighted by Gasteiger charge is 2.09. The molecule has 2 N–H and O–H groups in total. The molecule has 1 aromatic carbocycles. The maximum absolute atomic E-state index is 5.72. The molecule has 0 amide bonds. The van der Waals surface area contributed by atoms with Gasteiger partial charge in [-0.15, -0.1) is 0 Å². The summed E-state index contributed by atoms with van der Waals surface area (Å²) in [7, 11) is 0. The first kappa shape index (κ1) is 13.0. The smallest absolute Gasteiger partial charge is 0.194 e. The molecule has 2 rings (SSSR count). The molecular weight excluding hydrogens is 395 g/mol. The third-order valence-electron chi connectivity index (χ3n) is 2.34. The predicted molar refractivity (Wildman–Crippen MR) is 79.7 cm³/mol. The van der Waals surface area contributed by atoms with Gasteiger partial charge in [0.05, 0.1) is 6.20 Å². The Hall–Kier alpha value is -0.400. The molecule has 17 heavy (non-hydrogen) atoms. The van der Waals surface area contributed by atoms with Crippen LogP contribution in [0.3, 0.4) is 0 Å². The largest absolute Gasteiger partial charge is 0.441 e. The quantitative estimate of drug-likeness (QED) is 0.789. The van der Waals surface area contributed by atoms with Gasteiger partial charge in [0.2, 0.25) is 0 Å². The Bertz CT molecular complexity index is 513. The van der Waals surface area contributed by atoms with Gasteiger partial charge in [-0.1, -0.05) is 15.9 Å². The van der Waals surface area contributed by atoms with E-state index in [4.69, 9.17) is 10.2 Å². The first-order chi connectivity index (χ1) is 8.20. The number of aryl methyl sites for hydroxylation is 1. The Morgan fingerprint density at radius 2 is 2.24 bits per heavy atom. The van der Waals surface area contributed by atoms with Crippen molar-refractivity contribution in [3.63, 3.8) is 0 Å². The van der Waals surface area contributed by atoms with Gasteiger partial charge in [0.25, 0.3) is 0 Å². The van der Waals surface area contributed by atoms with E-state index in [1.54, 1.807) is 6.20 Å². The van der Waals surface area contributed by atoms with Crippen LogP contribution >= 0.6 is 38.5 Å². The van der Waals surface area contributed by atoms with E-state index < -0.39 is 0 Å². The van der Waals surface area contributed by atoms with Crippen LogP contribution in [0.1, 0.15) is 12.3 Å². The molecule has 0 unspecified atom stereocenters. The number of hydrogen-bond acceptors (Lipinski definition) is 3. The first-order valence-electron chi connectivity index (χ1n) is 5.31. The number of benzene rings is 1. The molecule has 90 valence electrons. The van der Waals surface area contributed by atoms with Crippen molar-refractivity contribution in [2.75, 3.05) is 6.54 Å². The highest BCUT2D eigenvalue weighted by molar-refractivity contribution is 14.1. The van der Waals surface area contributed by atoms with Crippen LogP contribution in [-0.4, -0.2) is 11.5 Å². The van der Waals surface area contributed by atoms with E-state index >= 15 is 0 Å². The van der Waals surface area contributed by atoms with Crippen molar-refractivity contribution < 1.29 is 4.42 Å². The summed E-state index contributed by atoms with van der Waals surface area (Å²) in [5.41, 5.74) is 6.52. The third-order valence-corrected chi connectivity index (χ3v) is 3.78. The van der Waals surface area contributed by atoms with Crippen LogP contribution in [0.2, 0.25) is 0 Å². The zero-order valence-corrected chi connectivity index (χ0v) is 12.9. The minimum absolute atomic E-state index is 0.659. The summed E-state index contributed by atoms with van der Waals surface area (Å²) < 4.78 is 7.90. The zero-order chi connectivity index (χ0) is 12.3. The zero-order valence-electron chi connectivity index (χ0n) is 9.12. The van der Waals surface area contributed by atoms with Crippen molar-refractivity contribution >= 4 is 38.5 Å². The van der Waals surface area contributed by atoms with Crippen LogP contribution in [0.25, 0.3) is 11.3 Å². The minimum atomic E-state index is 0.659. The van der Waals surface area contributed by atoms with E-state index in [0.717, 1.165) is 38.1 Å². The van der Waals surface area contributed by atoms with Crippen LogP contribution in [0.15, 0.2) is 33.3 Å². The van der Waals surface area contributed by atoms with Crippen molar-refractivity contribution in [2.24, 2.45) is 5.73 Å². The van der Waals surface area contributed by atoms with E-state index in [1.807, 2.05) is 18.2 Å². The van der Waals surface area contributed by atoms with Gasteiger partial charge in [0.1, 0.15) is 0 Å². The molecule has 1 heterocycles. The number of halogens is 2. The molecule has 0 aliphatic carbocycles. The highest BCUT2D eigenvalue weighted by atomic mass is 127. The van der Waals surface area contributed by atoms with Crippen LogP contribution in [0, 0.1) is 3.57 Å². The van der Waals surface area contributed by atoms with Crippen LogP contribution in [0.4, 0.5) is 0 Å². The van der Waals surface area contributed by atoms with E-state index in [0.29, 0.717) is 6.54 Å². The molecule has 2 aromatic rings. The number of nitrogens with zero attached hydrogens (tertiary/aromatic N) is 1. The normalized spacial score (nSPS) is 10.8. The Morgan fingerprint density at radius 1 is 1.41 bits per heavy atom. The SMILES string of the molecule is NCCCc1ncc(-c2cc(Br)ccc2I)o1. The van der Waals surface area contributed by atoms with Gasteiger partial charge in [-0.25, -0.2) is 4.98 Å². The fourth-order valence-corrected chi connectivity index (χ4v) is 2.45. The van der Waals surface area contributed by atoms with Gasteiger partial charge in [-0.3, -0.25) is 0 Å². The molecule has 0 fully saturated rings. The lowest BCUT2D eigenvalue weighted by Gasteiger charge is -2.01. The second-order valence-electron chi connectivity index (χ2n) is 3.63. The summed E-state index contributed by atoms with van der Waals surface area (Å²) in [5.74, 6) is 1.56. The summed E-state index contributed by atoms with van der Waals surface area (Å²) in [6.45, 7) is 0.659. The van der Waals surface area contributed by atoms with Crippen LogP contribution in [-0.2, 0) is 6.42 Å². The van der Waals surface area contributed by atoms with E-state index in [-0.39, 0.29) is 0 Å². The van der Waals surface area contributed by atoms with Gasteiger partial charge >= 0.3 is 0 Å². The van der Waals surface area contributed by atoms with E-state index in [2.05, 4.69) is 43.5 Å². The second-order valence-corrected chi connectivity index (χ2v) is 5.71. The molecular formula is C12H12BrIN2O. The molecule has 0 bridgehead atoms. The molecule has 0 saturated carbocycles.